The largest absolute Gasteiger partial charge is 0.372 e. The Hall–Kier alpha value is -1.10. The molecule has 0 atom stereocenters. The third kappa shape index (κ3) is 4.20. The van der Waals surface area contributed by atoms with Crippen LogP contribution in [0.2, 0.25) is 5.02 Å². The first kappa shape index (κ1) is 15.3. The maximum Gasteiger partial charge on any atom is 0.246 e. The highest BCUT2D eigenvalue weighted by molar-refractivity contribution is 6.31. The van der Waals surface area contributed by atoms with Gasteiger partial charge in [0.2, 0.25) is 5.91 Å². The highest BCUT2D eigenvalue weighted by atomic mass is 35.5. The second-order valence-electron chi connectivity index (χ2n) is 4.89. The number of ether oxygens (including phenoxy) is 1. The Morgan fingerprint density at radius 2 is 2.35 bits per heavy atom. The summed E-state index contributed by atoms with van der Waals surface area (Å²) in [7, 11) is 0. The minimum atomic E-state index is -0.0488. The Balaban J connectivity index is 1.75. The molecule has 1 heterocycles. The number of benzene rings is 1. The van der Waals surface area contributed by atoms with Crippen LogP contribution in [0.4, 0.5) is 0 Å². The molecule has 0 bridgehead atoms. The number of amides is 1. The highest BCUT2D eigenvalue weighted by Crippen LogP contribution is 2.25. The Kier molecular flexibility index (Phi) is 5.83. The van der Waals surface area contributed by atoms with Crippen LogP contribution in [-0.4, -0.2) is 43.7 Å². The lowest BCUT2D eigenvalue weighted by Gasteiger charge is -2.29. The van der Waals surface area contributed by atoms with E-state index < -0.39 is 0 Å². The molecule has 5 heteroatoms. The van der Waals surface area contributed by atoms with Crippen LogP contribution >= 0.6 is 11.6 Å². The van der Waals surface area contributed by atoms with Gasteiger partial charge in [0.25, 0.3) is 0 Å². The molecule has 110 valence electrons. The van der Waals surface area contributed by atoms with Gasteiger partial charge in [0.05, 0.1) is 0 Å². The van der Waals surface area contributed by atoms with E-state index in [9.17, 15) is 4.79 Å². The van der Waals surface area contributed by atoms with Crippen molar-refractivity contribution in [3.8, 4) is 0 Å². The van der Waals surface area contributed by atoms with Gasteiger partial charge in [-0.2, -0.15) is 0 Å². The molecule has 0 spiro atoms. The molecule has 1 amide bonds. The van der Waals surface area contributed by atoms with Gasteiger partial charge in [-0.25, -0.2) is 0 Å². The second-order valence-corrected chi connectivity index (χ2v) is 5.30. The zero-order valence-electron chi connectivity index (χ0n) is 11.8. The topological polar surface area (TPSA) is 41.6 Å². The van der Waals surface area contributed by atoms with Crippen molar-refractivity contribution >= 4 is 17.5 Å². The molecule has 0 saturated heterocycles. The van der Waals surface area contributed by atoms with E-state index in [-0.39, 0.29) is 12.5 Å². The average Bonchev–Trinajstić information content (AvgIpc) is 2.45. The van der Waals surface area contributed by atoms with E-state index in [1.807, 2.05) is 19.1 Å². The van der Waals surface area contributed by atoms with Gasteiger partial charge in [0.1, 0.15) is 6.61 Å². The van der Waals surface area contributed by atoms with Gasteiger partial charge >= 0.3 is 0 Å². The molecule has 0 aliphatic carbocycles. The zero-order chi connectivity index (χ0) is 14.4. The fourth-order valence-corrected chi connectivity index (χ4v) is 2.70. The summed E-state index contributed by atoms with van der Waals surface area (Å²) in [5.41, 5.74) is 2.56. The Bertz CT molecular complexity index is 465. The second kappa shape index (κ2) is 7.62. The molecule has 0 radical (unpaired) electrons. The van der Waals surface area contributed by atoms with E-state index >= 15 is 0 Å². The summed E-state index contributed by atoms with van der Waals surface area (Å²) in [5, 5.41) is 3.74. The van der Waals surface area contributed by atoms with Crippen molar-refractivity contribution < 1.29 is 9.53 Å². The van der Waals surface area contributed by atoms with Crippen molar-refractivity contribution in [2.75, 3.05) is 32.8 Å². The summed E-state index contributed by atoms with van der Waals surface area (Å²) in [6.45, 7) is 5.98. The van der Waals surface area contributed by atoms with E-state index in [1.54, 1.807) is 0 Å². The Labute approximate surface area is 125 Å². The standard InChI is InChI=1S/C15H21ClN2O2/c1-2-20-11-15(19)17-7-9-18-8-6-13-12(10-18)4-3-5-14(13)16/h3-5H,2,6-11H2,1H3,(H,17,19). The number of fused-ring (bicyclic) bond motifs is 1. The third-order valence-corrected chi connectivity index (χ3v) is 3.83. The van der Waals surface area contributed by atoms with E-state index in [4.69, 9.17) is 16.3 Å². The van der Waals surface area contributed by atoms with Crippen molar-refractivity contribution in [3.63, 3.8) is 0 Å². The van der Waals surface area contributed by atoms with Crippen LogP contribution in [0.5, 0.6) is 0 Å². The van der Waals surface area contributed by atoms with Gasteiger partial charge in [-0.3, -0.25) is 9.69 Å². The number of halogens is 1. The van der Waals surface area contributed by atoms with Crippen LogP contribution in [0, 0.1) is 0 Å². The summed E-state index contributed by atoms with van der Waals surface area (Å²) in [5.74, 6) is -0.0488. The molecule has 0 aromatic heterocycles. The maximum atomic E-state index is 11.4. The average molecular weight is 297 g/mol. The maximum absolute atomic E-state index is 11.4. The van der Waals surface area contributed by atoms with E-state index in [1.165, 1.54) is 11.1 Å². The smallest absolute Gasteiger partial charge is 0.246 e. The molecular weight excluding hydrogens is 276 g/mol. The first-order valence-electron chi connectivity index (χ1n) is 7.03. The van der Waals surface area contributed by atoms with E-state index in [0.29, 0.717) is 13.2 Å². The number of carbonyl (C=O) groups excluding carboxylic acids is 1. The summed E-state index contributed by atoms with van der Waals surface area (Å²) < 4.78 is 5.06. The first-order chi connectivity index (χ1) is 9.70. The molecule has 1 N–H and O–H groups in total. The molecule has 0 fully saturated rings. The summed E-state index contributed by atoms with van der Waals surface area (Å²) >= 11 is 6.19. The predicted molar refractivity (Wildman–Crippen MR) is 79.9 cm³/mol. The predicted octanol–water partition coefficient (Wildman–Crippen LogP) is 1.85. The lowest BCUT2D eigenvalue weighted by atomic mass is 10.00. The number of hydrogen-bond donors (Lipinski definition) is 1. The van der Waals surface area contributed by atoms with Gasteiger partial charge < -0.3 is 10.1 Å². The molecule has 4 nitrogen and oxygen atoms in total. The molecule has 20 heavy (non-hydrogen) atoms. The molecule has 1 aromatic carbocycles. The highest BCUT2D eigenvalue weighted by Gasteiger charge is 2.17. The van der Waals surface area contributed by atoms with Crippen molar-refractivity contribution in [1.82, 2.24) is 10.2 Å². The monoisotopic (exact) mass is 296 g/mol. The molecular formula is C15H21ClN2O2. The first-order valence-corrected chi connectivity index (χ1v) is 7.41. The van der Waals surface area contributed by atoms with Gasteiger partial charge in [-0.15, -0.1) is 0 Å². The molecule has 2 rings (SSSR count). The van der Waals surface area contributed by atoms with E-state index in [2.05, 4.69) is 16.3 Å². The van der Waals surface area contributed by atoms with Gasteiger partial charge in [-0.05, 0) is 30.5 Å². The third-order valence-electron chi connectivity index (χ3n) is 3.48. The number of nitrogens with one attached hydrogen (secondary N) is 1. The molecule has 0 unspecified atom stereocenters. The van der Waals surface area contributed by atoms with Crippen molar-refractivity contribution in [2.24, 2.45) is 0 Å². The van der Waals surface area contributed by atoms with Gasteiger partial charge in [-0.1, -0.05) is 23.7 Å². The number of hydrogen-bond acceptors (Lipinski definition) is 3. The zero-order valence-corrected chi connectivity index (χ0v) is 12.6. The van der Waals surface area contributed by atoms with E-state index in [0.717, 1.165) is 31.1 Å². The minimum Gasteiger partial charge on any atom is -0.372 e. The lowest BCUT2D eigenvalue weighted by molar-refractivity contribution is -0.125. The van der Waals surface area contributed by atoms with Crippen LogP contribution < -0.4 is 5.32 Å². The summed E-state index contributed by atoms with van der Waals surface area (Å²) in [6, 6.07) is 6.07. The number of nitrogens with zero attached hydrogens (tertiary/aromatic N) is 1. The summed E-state index contributed by atoms with van der Waals surface area (Å²) in [4.78, 5) is 13.7. The Morgan fingerprint density at radius 1 is 1.50 bits per heavy atom. The lowest BCUT2D eigenvalue weighted by Crippen LogP contribution is -2.38. The normalized spacial score (nSPS) is 14.9. The SMILES string of the molecule is CCOCC(=O)NCCN1CCc2c(Cl)cccc2C1. The van der Waals surface area contributed by atoms with Crippen LogP contribution in [-0.2, 0) is 22.5 Å². The van der Waals surface area contributed by atoms with Crippen molar-refractivity contribution in [1.29, 1.82) is 0 Å². The quantitative estimate of drug-likeness (QED) is 0.871. The molecule has 1 aromatic rings. The molecule has 1 aliphatic rings. The fourth-order valence-electron chi connectivity index (χ4n) is 2.41. The number of carbonyl (C=O) groups is 1. The molecule has 0 saturated carbocycles. The van der Waals surface area contributed by atoms with Crippen molar-refractivity contribution in [3.05, 3.63) is 34.3 Å². The van der Waals surface area contributed by atoms with Crippen molar-refractivity contribution in [2.45, 2.75) is 19.9 Å². The van der Waals surface area contributed by atoms with Crippen LogP contribution in [0.15, 0.2) is 18.2 Å². The summed E-state index contributed by atoms with van der Waals surface area (Å²) in [6.07, 6.45) is 0.974. The van der Waals surface area contributed by atoms with Gasteiger partial charge in [0.15, 0.2) is 0 Å². The fraction of sp³-hybridized carbons (Fsp3) is 0.533. The van der Waals surface area contributed by atoms with Crippen LogP contribution in [0.25, 0.3) is 0 Å². The van der Waals surface area contributed by atoms with Gasteiger partial charge in [0, 0.05) is 37.8 Å². The number of rotatable bonds is 6. The van der Waals surface area contributed by atoms with Crippen LogP contribution in [0.1, 0.15) is 18.1 Å². The minimum absolute atomic E-state index is 0.0488. The van der Waals surface area contributed by atoms with Crippen LogP contribution in [0.3, 0.4) is 0 Å². The molecule has 1 aliphatic heterocycles. The Morgan fingerprint density at radius 3 is 3.15 bits per heavy atom.